The average Bonchev–Trinajstić information content (AvgIpc) is 2.60. The van der Waals surface area contributed by atoms with Crippen LogP contribution in [-0.4, -0.2) is 32.3 Å². The second-order valence-electron chi connectivity index (χ2n) is 5.08. The lowest BCUT2D eigenvalue weighted by molar-refractivity contribution is 0.122. The Morgan fingerprint density at radius 2 is 1.96 bits per heavy atom. The fourth-order valence-corrected chi connectivity index (χ4v) is 2.85. The third-order valence-electron chi connectivity index (χ3n) is 3.09. The van der Waals surface area contributed by atoms with E-state index < -0.39 is 10.0 Å². The van der Waals surface area contributed by atoms with Gasteiger partial charge in [-0.3, -0.25) is 4.98 Å². The highest BCUT2D eigenvalue weighted by Gasteiger charge is 2.08. The van der Waals surface area contributed by atoms with Crippen molar-refractivity contribution < 1.29 is 13.2 Å². The van der Waals surface area contributed by atoms with Crippen LogP contribution in [-0.2, 0) is 21.4 Å². The van der Waals surface area contributed by atoms with Crippen LogP contribution < -0.4 is 4.72 Å². The third kappa shape index (κ3) is 7.38. The molecule has 0 aliphatic heterocycles. The fraction of sp³-hybridized carbons (Fsp3) is 0.278. The molecule has 24 heavy (non-hydrogen) atoms. The van der Waals surface area contributed by atoms with Gasteiger partial charge in [0.1, 0.15) is 0 Å². The van der Waals surface area contributed by atoms with E-state index in [0.717, 1.165) is 11.1 Å². The molecule has 0 unspecified atom stereocenters. The van der Waals surface area contributed by atoms with Crippen LogP contribution >= 0.6 is 0 Å². The molecular formula is C18H20N2O3S. The normalized spacial score (nSPS) is 10.8. The first-order valence-corrected chi connectivity index (χ1v) is 9.29. The molecule has 1 N–H and O–H groups in total. The van der Waals surface area contributed by atoms with Gasteiger partial charge in [0, 0.05) is 24.6 Å². The van der Waals surface area contributed by atoms with E-state index in [1.807, 2.05) is 36.4 Å². The lowest BCUT2D eigenvalue weighted by Crippen LogP contribution is -2.27. The average molecular weight is 344 g/mol. The molecule has 0 aliphatic carbocycles. The molecule has 2 rings (SSSR count). The van der Waals surface area contributed by atoms with Crippen LogP contribution in [0, 0.1) is 11.8 Å². The van der Waals surface area contributed by atoms with Gasteiger partial charge in [0.15, 0.2) is 0 Å². The zero-order valence-electron chi connectivity index (χ0n) is 13.3. The Morgan fingerprint density at radius 3 is 2.71 bits per heavy atom. The summed E-state index contributed by atoms with van der Waals surface area (Å²) in [6, 6.07) is 13.4. The van der Waals surface area contributed by atoms with E-state index in [4.69, 9.17) is 4.74 Å². The lowest BCUT2D eigenvalue weighted by Gasteiger charge is -2.05. The van der Waals surface area contributed by atoms with E-state index in [1.54, 1.807) is 18.5 Å². The van der Waals surface area contributed by atoms with Crippen LogP contribution in [0.15, 0.2) is 54.9 Å². The summed E-state index contributed by atoms with van der Waals surface area (Å²) in [5.41, 5.74) is 1.83. The lowest BCUT2D eigenvalue weighted by atomic mass is 10.2. The maximum absolute atomic E-state index is 11.8. The number of aromatic nitrogens is 1. The van der Waals surface area contributed by atoms with Gasteiger partial charge in [0.2, 0.25) is 10.0 Å². The molecule has 0 aliphatic rings. The largest absolute Gasteiger partial charge is 0.377 e. The smallest absolute Gasteiger partial charge is 0.212 e. The minimum absolute atomic E-state index is 0.0242. The molecule has 1 heterocycles. The van der Waals surface area contributed by atoms with E-state index in [0.29, 0.717) is 19.6 Å². The van der Waals surface area contributed by atoms with Crippen molar-refractivity contribution in [2.75, 3.05) is 18.9 Å². The van der Waals surface area contributed by atoms with Gasteiger partial charge < -0.3 is 4.74 Å². The van der Waals surface area contributed by atoms with E-state index in [-0.39, 0.29) is 12.3 Å². The number of hydrogen-bond acceptors (Lipinski definition) is 4. The highest BCUT2D eigenvalue weighted by molar-refractivity contribution is 7.89. The molecule has 5 nitrogen and oxygen atoms in total. The van der Waals surface area contributed by atoms with Crippen LogP contribution in [0.25, 0.3) is 0 Å². The molecule has 0 saturated heterocycles. The Kier molecular flexibility index (Phi) is 7.43. The van der Waals surface area contributed by atoms with Crippen molar-refractivity contribution in [3.05, 3.63) is 66.0 Å². The Labute approximate surface area is 143 Å². The molecular weight excluding hydrogens is 324 g/mol. The summed E-state index contributed by atoms with van der Waals surface area (Å²) >= 11 is 0. The van der Waals surface area contributed by atoms with E-state index in [9.17, 15) is 8.42 Å². The standard InChI is InChI=1S/C18H20N2O3S/c21-24(22,20-12-5-10-17-9-4-11-19-15-17)14-6-13-23-16-18-7-2-1-3-8-18/h1-4,7-9,11,15,20H,6,12-14,16H2. The van der Waals surface area contributed by atoms with Gasteiger partial charge in [-0.2, -0.15) is 0 Å². The van der Waals surface area contributed by atoms with Crippen LogP contribution in [0.3, 0.4) is 0 Å². The van der Waals surface area contributed by atoms with Crippen molar-refractivity contribution in [3.63, 3.8) is 0 Å². The number of benzene rings is 1. The zero-order chi connectivity index (χ0) is 17.1. The highest BCUT2D eigenvalue weighted by Crippen LogP contribution is 2.01. The molecule has 126 valence electrons. The number of sulfonamides is 1. The van der Waals surface area contributed by atoms with Gasteiger partial charge in [0.05, 0.1) is 18.9 Å². The summed E-state index contributed by atoms with van der Waals surface area (Å²) < 4.78 is 31.6. The number of ether oxygens (including phenoxy) is 1. The summed E-state index contributed by atoms with van der Waals surface area (Å²) in [6.07, 6.45) is 3.73. The molecule has 0 saturated carbocycles. The highest BCUT2D eigenvalue weighted by atomic mass is 32.2. The first-order valence-electron chi connectivity index (χ1n) is 7.64. The molecule has 6 heteroatoms. The zero-order valence-corrected chi connectivity index (χ0v) is 14.1. The quantitative estimate of drug-likeness (QED) is 0.587. The maximum atomic E-state index is 11.8. The topological polar surface area (TPSA) is 68.3 Å². The molecule has 0 bridgehead atoms. The second kappa shape index (κ2) is 9.83. The first-order chi connectivity index (χ1) is 11.7. The van der Waals surface area contributed by atoms with E-state index in [2.05, 4.69) is 21.5 Å². The molecule has 1 aromatic heterocycles. The number of rotatable bonds is 8. The number of nitrogens with zero attached hydrogens (tertiary/aromatic N) is 1. The van der Waals surface area contributed by atoms with Crippen molar-refractivity contribution >= 4 is 10.0 Å². The summed E-state index contributed by atoms with van der Waals surface area (Å²) in [7, 11) is -3.33. The van der Waals surface area contributed by atoms with E-state index >= 15 is 0 Å². The van der Waals surface area contributed by atoms with Crippen molar-refractivity contribution in [2.24, 2.45) is 0 Å². The predicted molar refractivity (Wildman–Crippen MR) is 93.6 cm³/mol. The SMILES string of the molecule is O=S(=O)(CCCOCc1ccccc1)NCC#Cc1cccnc1. The van der Waals surface area contributed by atoms with Crippen molar-refractivity contribution in [1.82, 2.24) is 9.71 Å². The van der Waals surface area contributed by atoms with Crippen molar-refractivity contribution in [2.45, 2.75) is 13.0 Å². The number of nitrogens with one attached hydrogen (secondary N) is 1. The summed E-state index contributed by atoms with van der Waals surface area (Å²) in [5, 5.41) is 0. The Bertz CT molecular complexity index is 766. The molecule has 2 aromatic rings. The maximum Gasteiger partial charge on any atom is 0.212 e. The van der Waals surface area contributed by atoms with Gasteiger partial charge in [-0.1, -0.05) is 42.2 Å². The monoisotopic (exact) mass is 344 g/mol. The first kappa shape index (κ1) is 18.1. The fourth-order valence-electron chi connectivity index (χ4n) is 1.92. The van der Waals surface area contributed by atoms with Gasteiger partial charge in [0.25, 0.3) is 0 Å². The van der Waals surface area contributed by atoms with Crippen LogP contribution in [0.1, 0.15) is 17.5 Å². The number of hydrogen-bond donors (Lipinski definition) is 1. The van der Waals surface area contributed by atoms with Crippen molar-refractivity contribution in [3.8, 4) is 11.8 Å². The molecule has 0 amide bonds. The second-order valence-corrected chi connectivity index (χ2v) is 7.00. The summed E-state index contributed by atoms with van der Waals surface area (Å²) in [5.74, 6) is 5.64. The van der Waals surface area contributed by atoms with Gasteiger partial charge in [-0.25, -0.2) is 13.1 Å². The number of pyridine rings is 1. The molecule has 0 fully saturated rings. The van der Waals surface area contributed by atoms with E-state index in [1.165, 1.54) is 0 Å². The minimum atomic E-state index is -3.33. The molecule has 0 spiro atoms. The minimum Gasteiger partial charge on any atom is -0.377 e. The summed E-state index contributed by atoms with van der Waals surface area (Å²) in [4.78, 5) is 3.94. The Morgan fingerprint density at radius 1 is 1.12 bits per heavy atom. The van der Waals surface area contributed by atoms with Gasteiger partial charge in [-0.15, -0.1) is 0 Å². The van der Waals surface area contributed by atoms with Crippen molar-refractivity contribution in [1.29, 1.82) is 0 Å². The molecule has 0 radical (unpaired) electrons. The third-order valence-corrected chi connectivity index (χ3v) is 4.50. The molecule has 1 aromatic carbocycles. The van der Waals surface area contributed by atoms with Gasteiger partial charge in [-0.05, 0) is 24.1 Å². The van der Waals surface area contributed by atoms with Crippen LogP contribution in [0.4, 0.5) is 0 Å². The van der Waals surface area contributed by atoms with Gasteiger partial charge >= 0.3 is 0 Å². The predicted octanol–water partition coefficient (Wildman–Crippen LogP) is 1.96. The molecule has 0 atom stereocenters. The Balaban J connectivity index is 1.62. The summed E-state index contributed by atoms with van der Waals surface area (Å²) in [6.45, 7) is 0.976. The van der Waals surface area contributed by atoms with Crippen LogP contribution in [0.2, 0.25) is 0 Å². The van der Waals surface area contributed by atoms with Crippen LogP contribution in [0.5, 0.6) is 0 Å². The Hall–Kier alpha value is -2.20.